The van der Waals surface area contributed by atoms with E-state index in [0.717, 1.165) is 0 Å². The van der Waals surface area contributed by atoms with E-state index in [1.807, 2.05) is 0 Å². The van der Waals surface area contributed by atoms with Crippen LogP contribution in [0.2, 0.25) is 0 Å². The van der Waals surface area contributed by atoms with Crippen LogP contribution in [-0.2, 0) is 0 Å². The monoisotopic (exact) mass is 236 g/mol. The van der Waals surface area contributed by atoms with Gasteiger partial charge in [-0.3, -0.25) is 14.3 Å². The molecule has 6 heteroatoms. The van der Waals surface area contributed by atoms with Gasteiger partial charge in [0.05, 0.1) is 5.69 Å². The number of aromatic hydroxyl groups is 2. The fourth-order valence-electron chi connectivity index (χ4n) is 1.28. The summed E-state index contributed by atoms with van der Waals surface area (Å²) in [4.78, 5) is 13.4. The molecule has 0 unspecified atom stereocenters. The Balaban J connectivity index is 2.63. The third-order valence-corrected chi connectivity index (χ3v) is 2.36. The maximum absolute atomic E-state index is 11.0. The first-order valence-corrected chi connectivity index (χ1v) is 4.83. The summed E-state index contributed by atoms with van der Waals surface area (Å²) in [6.45, 7) is 0. The van der Waals surface area contributed by atoms with Gasteiger partial charge in [0.25, 0.3) is 5.56 Å². The molecule has 16 heavy (non-hydrogen) atoms. The molecule has 0 saturated heterocycles. The minimum Gasteiger partial charge on any atom is -0.504 e. The van der Waals surface area contributed by atoms with Gasteiger partial charge in [-0.25, -0.2) is 0 Å². The second-order valence-corrected chi connectivity index (χ2v) is 3.54. The highest BCUT2D eigenvalue weighted by Crippen LogP contribution is 2.26. The Bertz CT molecular complexity index is 645. The molecule has 1 aromatic carbocycles. The first-order chi connectivity index (χ1) is 7.58. The van der Waals surface area contributed by atoms with Crippen molar-refractivity contribution in [3.63, 3.8) is 0 Å². The molecule has 0 fully saturated rings. The standard InChI is InChI=1S/C10H8N2O3S/c13-7-2-1-6(5-8(7)14)12-4-3-9(15)11-10(12)16/h1-5,13-14H,(H,11,15,16). The normalized spacial score (nSPS) is 10.2. The van der Waals surface area contributed by atoms with Crippen molar-refractivity contribution in [3.8, 4) is 17.2 Å². The maximum atomic E-state index is 11.0. The minimum absolute atomic E-state index is 0.209. The lowest BCUT2D eigenvalue weighted by Gasteiger charge is -2.06. The number of hydrogen-bond donors (Lipinski definition) is 3. The van der Waals surface area contributed by atoms with Crippen LogP contribution in [0.4, 0.5) is 0 Å². The Kier molecular flexibility index (Phi) is 2.49. The summed E-state index contributed by atoms with van der Waals surface area (Å²) in [7, 11) is 0. The second-order valence-electron chi connectivity index (χ2n) is 3.15. The van der Waals surface area contributed by atoms with E-state index in [-0.39, 0.29) is 21.8 Å². The maximum Gasteiger partial charge on any atom is 0.251 e. The van der Waals surface area contributed by atoms with Crippen LogP contribution in [-0.4, -0.2) is 19.8 Å². The Morgan fingerprint density at radius 1 is 1.19 bits per heavy atom. The van der Waals surface area contributed by atoms with Gasteiger partial charge in [0, 0.05) is 18.3 Å². The van der Waals surface area contributed by atoms with Crippen LogP contribution < -0.4 is 5.56 Å². The van der Waals surface area contributed by atoms with Crippen molar-refractivity contribution < 1.29 is 10.2 Å². The molecular weight excluding hydrogens is 228 g/mol. The number of aromatic amines is 1. The van der Waals surface area contributed by atoms with Gasteiger partial charge in [-0.1, -0.05) is 0 Å². The molecule has 0 aliphatic rings. The fraction of sp³-hybridized carbons (Fsp3) is 0. The summed E-state index contributed by atoms with van der Waals surface area (Å²) in [6, 6.07) is 5.59. The molecular formula is C10H8N2O3S. The Morgan fingerprint density at radius 3 is 2.56 bits per heavy atom. The van der Waals surface area contributed by atoms with Crippen LogP contribution in [0.15, 0.2) is 35.3 Å². The molecule has 2 rings (SSSR count). The number of hydrogen-bond acceptors (Lipinski definition) is 4. The SMILES string of the molecule is O=c1ccn(-c2ccc(O)c(O)c2)c(=S)[nH]1. The van der Waals surface area contributed by atoms with Gasteiger partial charge >= 0.3 is 0 Å². The highest BCUT2D eigenvalue weighted by molar-refractivity contribution is 7.71. The third kappa shape index (κ3) is 1.82. The highest BCUT2D eigenvalue weighted by atomic mass is 32.1. The summed E-state index contributed by atoms with van der Waals surface area (Å²) in [5, 5.41) is 18.5. The molecule has 0 bridgehead atoms. The summed E-state index contributed by atoms with van der Waals surface area (Å²) in [5.74, 6) is -0.453. The van der Waals surface area contributed by atoms with E-state index in [0.29, 0.717) is 5.69 Å². The van der Waals surface area contributed by atoms with Crippen LogP contribution in [0.3, 0.4) is 0 Å². The first-order valence-electron chi connectivity index (χ1n) is 4.42. The van der Waals surface area contributed by atoms with Gasteiger partial charge in [-0.2, -0.15) is 0 Å². The topological polar surface area (TPSA) is 78.2 Å². The number of aromatic nitrogens is 2. The lowest BCUT2D eigenvalue weighted by molar-refractivity contribution is 0.403. The van der Waals surface area contributed by atoms with Crippen molar-refractivity contribution in [2.45, 2.75) is 0 Å². The van der Waals surface area contributed by atoms with Crippen molar-refractivity contribution in [2.24, 2.45) is 0 Å². The zero-order chi connectivity index (χ0) is 11.7. The van der Waals surface area contributed by atoms with E-state index < -0.39 is 0 Å². The number of benzene rings is 1. The van der Waals surface area contributed by atoms with Crippen LogP contribution in [0.1, 0.15) is 0 Å². The summed E-state index contributed by atoms with van der Waals surface area (Å²) in [5.41, 5.74) is 0.265. The molecule has 0 spiro atoms. The molecule has 0 radical (unpaired) electrons. The number of phenols is 2. The molecule has 2 aromatic rings. The van der Waals surface area contributed by atoms with Crippen LogP contribution >= 0.6 is 12.2 Å². The first kappa shape index (κ1) is 10.4. The van der Waals surface area contributed by atoms with Crippen molar-refractivity contribution in [2.75, 3.05) is 0 Å². The highest BCUT2D eigenvalue weighted by Gasteiger charge is 2.02. The predicted octanol–water partition coefficient (Wildman–Crippen LogP) is 1.31. The molecule has 1 heterocycles. The molecule has 3 N–H and O–H groups in total. The van der Waals surface area contributed by atoms with Gasteiger partial charge in [0.15, 0.2) is 16.3 Å². The Morgan fingerprint density at radius 2 is 1.94 bits per heavy atom. The second kappa shape index (κ2) is 3.82. The van der Waals surface area contributed by atoms with Gasteiger partial charge in [0.1, 0.15) is 0 Å². The zero-order valence-corrected chi connectivity index (χ0v) is 8.86. The molecule has 5 nitrogen and oxygen atoms in total. The van der Waals surface area contributed by atoms with Crippen molar-refractivity contribution >= 4 is 12.2 Å². The van der Waals surface area contributed by atoms with E-state index in [4.69, 9.17) is 17.3 Å². The van der Waals surface area contributed by atoms with Crippen molar-refractivity contribution in [1.82, 2.24) is 9.55 Å². The lowest BCUT2D eigenvalue weighted by Crippen LogP contribution is -2.09. The lowest BCUT2D eigenvalue weighted by atomic mass is 10.3. The molecule has 0 aliphatic carbocycles. The zero-order valence-electron chi connectivity index (χ0n) is 8.04. The Labute approximate surface area is 95.2 Å². The van der Waals surface area contributed by atoms with Crippen LogP contribution in [0.25, 0.3) is 5.69 Å². The van der Waals surface area contributed by atoms with E-state index in [1.54, 1.807) is 6.07 Å². The van der Waals surface area contributed by atoms with Crippen LogP contribution in [0.5, 0.6) is 11.5 Å². The van der Waals surface area contributed by atoms with Gasteiger partial charge < -0.3 is 10.2 Å². The van der Waals surface area contributed by atoms with Gasteiger partial charge in [-0.15, -0.1) is 0 Å². The van der Waals surface area contributed by atoms with Crippen LogP contribution in [0, 0.1) is 4.77 Å². The van der Waals surface area contributed by atoms with Gasteiger partial charge in [-0.05, 0) is 24.4 Å². The fourth-order valence-corrected chi connectivity index (χ4v) is 1.55. The van der Waals surface area contributed by atoms with Crippen molar-refractivity contribution in [3.05, 3.63) is 45.6 Å². The molecule has 1 aromatic heterocycles. The summed E-state index contributed by atoms with van der Waals surface area (Å²) >= 11 is 4.96. The number of nitrogens with one attached hydrogen (secondary N) is 1. The summed E-state index contributed by atoms with van der Waals surface area (Å²) in [6.07, 6.45) is 1.49. The smallest absolute Gasteiger partial charge is 0.251 e. The summed E-state index contributed by atoms with van der Waals surface area (Å²) < 4.78 is 1.73. The number of H-pyrrole nitrogens is 1. The van der Waals surface area contributed by atoms with E-state index >= 15 is 0 Å². The average Bonchev–Trinajstić information content (AvgIpc) is 2.22. The minimum atomic E-state index is -0.288. The number of phenolic OH excluding ortho intramolecular Hbond substituents is 2. The number of nitrogens with zero attached hydrogens (tertiary/aromatic N) is 1. The predicted molar refractivity (Wildman–Crippen MR) is 60.6 cm³/mol. The molecule has 0 saturated carbocycles. The quantitative estimate of drug-likeness (QED) is 0.515. The largest absolute Gasteiger partial charge is 0.504 e. The molecule has 0 atom stereocenters. The Hall–Kier alpha value is -2.08. The third-order valence-electron chi connectivity index (χ3n) is 2.06. The number of rotatable bonds is 1. The van der Waals surface area contributed by atoms with E-state index in [9.17, 15) is 9.90 Å². The van der Waals surface area contributed by atoms with Crippen molar-refractivity contribution in [1.29, 1.82) is 0 Å². The van der Waals surface area contributed by atoms with E-state index in [2.05, 4.69) is 4.98 Å². The molecule has 82 valence electrons. The van der Waals surface area contributed by atoms with Gasteiger partial charge in [0.2, 0.25) is 0 Å². The van der Waals surface area contributed by atoms with E-state index in [1.165, 1.54) is 29.0 Å². The average molecular weight is 236 g/mol. The molecule has 0 aliphatic heterocycles. The molecule has 0 amide bonds.